The van der Waals surface area contributed by atoms with Crippen LogP contribution >= 0.6 is 28.3 Å². The number of likely N-dealkylation sites (tertiary alicyclic amines) is 1. The zero-order chi connectivity index (χ0) is 18.5. The predicted molar refractivity (Wildman–Crippen MR) is 118 cm³/mol. The minimum Gasteiger partial charge on any atom is -0.353 e. The van der Waals surface area contributed by atoms with Crippen LogP contribution in [0.5, 0.6) is 0 Å². The van der Waals surface area contributed by atoms with E-state index in [0.717, 1.165) is 42.4 Å². The van der Waals surface area contributed by atoms with E-state index < -0.39 is 0 Å². The predicted octanol–water partition coefficient (Wildman–Crippen LogP) is 4.72. The monoisotopic (exact) mass is 450 g/mol. The van der Waals surface area contributed by atoms with E-state index in [4.69, 9.17) is 0 Å². The van der Waals surface area contributed by atoms with Gasteiger partial charge in [0.25, 0.3) is 0 Å². The van der Waals surface area contributed by atoms with Crippen LogP contribution in [0.15, 0.2) is 53.0 Å². The number of halogens is 2. The Hall–Kier alpha value is -1.36. The summed E-state index contributed by atoms with van der Waals surface area (Å²) in [6.45, 7) is 4.18. The van der Waals surface area contributed by atoms with E-state index in [-0.39, 0.29) is 30.3 Å². The Morgan fingerprint density at radius 1 is 1.11 bits per heavy atom. The average Bonchev–Trinajstić information content (AvgIpc) is 2.64. The molecule has 1 saturated heterocycles. The van der Waals surface area contributed by atoms with Gasteiger partial charge in [-0.3, -0.25) is 4.79 Å². The lowest BCUT2D eigenvalue weighted by Crippen LogP contribution is -2.45. The molecule has 1 atom stereocenters. The molecular weight excluding hydrogens is 424 g/mol. The highest BCUT2D eigenvalue weighted by Crippen LogP contribution is 2.24. The van der Waals surface area contributed by atoms with E-state index in [1.165, 1.54) is 11.1 Å². The van der Waals surface area contributed by atoms with Crippen LogP contribution in [-0.2, 0) is 11.2 Å². The molecule has 0 bridgehead atoms. The van der Waals surface area contributed by atoms with Crippen LogP contribution in [0.2, 0.25) is 0 Å². The molecule has 1 heterocycles. The van der Waals surface area contributed by atoms with Gasteiger partial charge in [-0.15, -0.1) is 12.4 Å². The van der Waals surface area contributed by atoms with Crippen molar-refractivity contribution in [2.75, 3.05) is 20.1 Å². The first-order valence-corrected chi connectivity index (χ1v) is 10.1. The Balaban J connectivity index is 0.00000261. The first-order valence-electron chi connectivity index (χ1n) is 9.31. The number of hydrogen-bond donors (Lipinski definition) is 1. The molecule has 1 amide bonds. The van der Waals surface area contributed by atoms with Gasteiger partial charge in [0.15, 0.2) is 0 Å². The zero-order valence-corrected chi connectivity index (χ0v) is 18.4. The fourth-order valence-electron chi connectivity index (χ4n) is 3.47. The molecule has 146 valence electrons. The molecule has 1 aliphatic heterocycles. The van der Waals surface area contributed by atoms with E-state index in [0.29, 0.717) is 0 Å². The summed E-state index contributed by atoms with van der Waals surface area (Å²) in [7, 11) is 2.14. The van der Waals surface area contributed by atoms with Crippen LogP contribution in [0.25, 0.3) is 0 Å². The molecule has 0 saturated carbocycles. The third-order valence-corrected chi connectivity index (χ3v) is 5.74. The highest BCUT2D eigenvalue weighted by atomic mass is 79.9. The van der Waals surface area contributed by atoms with Gasteiger partial charge in [-0.05, 0) is 69.6 Å². The molecule has 0 radical (unpaired) electrons. The van der Waals surface area contributed by atoms with E-state index in [9.17, 15) is 4.79 Å². The van der Waals surface area contributed by atoms with Crippen molar-refractivity contribution in [2.45, 2.75) is 38.1 Å². The van der Waals surface area contributed by atoms with Gasteiger partial charge in [0.05, 0.1) is 5.92 Å². The molecular formula is C22H28BrClN2O. The minimum absolute atomic E-state index is 0. The van der Waals surface area contributed by atoms with Crippen molar-refractivity contribution in [1.29, 1.82) is 0 Å². The highest BCUT2D eigenvalue weighted by Gasteiger charge is 2.25. The summed E-state index contributed by atoms with van der Waals surface area (Å²) < 4.78 is 1.03. The van der Waals surface area contributed by atoms with Crippen molar-refractivity contribution < 1.29 is 4.79 Å². The first-order chi connectivity index (χ1) is 12.5. The molecule has 0 aromatic heterocycles. The molecule has 5 heteroatoms. The molecule has 3 rings (SSSR count). The molecule has 1 N–H and O–H groups in total. The summed E-state index contributed by atoms with van der Waals surface area (Å²) in [6.07, 6.45) is 2.78. The number of carbonyl (C=O) groups is 1. The quantitative estimate of drug-likeness (QED) is 0.713. The smallest absolute Gasteiger partial charge is 0.228 e. The normalized spacial score (nSPS) is 16.4. The number of amides is 1. The summed E-state index contributed by atoms with van der Waals surface area (Å²) in [5.41, 5.74) is 3.51. The third-order valence-electron chi connectivity index (χ3n) is 5.21. The van der Waals surface area contributed by atoms with Crippen molar-refractivity contribution in [2.24, 2.45) is 0 Å². The van der Waals surface area contributed by atoms with Crippen LogP contribution < -0.4 is 5.32 Å². The van der Waals surface area contributed by atoms with Crippen molar-refractivity contribution in [3.8, 4) is 0 Å². The standard InChI is InChI=1S/C22H27BrN2O.ClH/c1-16-3-5-17(6-4-16)15-21(18-7-9-19(23)10-8-18)22(26)24-20-11-13-25(2)14-12-20;/h3-10,20-21H,11-15H2,1-2H3,(H,24,26);1H. The molecule has 1 aliphatic rings. The van der Waals surface area contributed by atoms with Crippen LogP contribution in [0.1, 0.15) is 35.4 Å². The highest BCUT2D eigenvalue weighted by molar-refractivity contribution is 9.10. The van der Waals surface area contributed by atoms with Crippen LogP contribution in [-0.4, -0.2) is 37.0 Å². The van der Waals surface area contributed by atoms with Crippen molar-refractivity contribution in [3.63, 3.8) is 0 Å². The Bertz CT molecular complexity index is 725. The Morgan fingerprint density at radius 3 is 2.30 bits per heavy atom. The van der Waals surface area contributed by atoms with Gasteiger partial charge >= 0.3 is 0 Å². The zero-order valence-electron chi connectivity index (χ0n) is 16.0. The molecule has 27 heavy (non-hydrogen) atoms. The summed E-state index contributed by atoms with van der Waals surface area (Å²) in [4.78, 5) is 15.4. The molecule has 1 unspecified atom stereocenters. The lowest BCUT2D eigenvalue weighted by atomic mass is 9.90. The topological polar surface area (TPSA) is 32.3 Å². The number of rotatable bonds is 5. The fourth-order valence-corrected chi connectivity index (χ4v) is 3.74. The minimum atomic E-state index is -0.162. The maximum absolute atomic E-state index is 13.1. The second-order valence-electron chi connectivity index (χ2n) is 7.38. The lowest BCUT2D eigenvalue weighted by molar-refractivity contribution is -0.123. The summed E-state index contributed by atoms with van der Waals surface area (Å²) >= 11 is 3.49. The molecule has 0 spiro atoms. The Labute approximate surface area is 177 Å². The second kappa shape index (κ2) is 10.3. The van der Waals surface area contributed by atoms with Crippen LogP contribution in [0.3, 0.4) is 0 Å². The fraction of sp³-hybridized carbons (Fsp3) is 0.409. The van der Waals surface area contributed by atoms with E-state index in [2.05, 4.69) is 76.5 Å². The van der Waals surface area contributed by atoms with E-state index in [1.54, 1.807) is 0 Å². The molecule has 2 aromatic carbocycles. The van der Waals surface area contributed by atoms with E-state index in [1.807, 2.05) is 12.1 Å². The van der Waals surface area contributed by atoms with Gasteiger partial charge in [-0.1, -0.05) is 57.9 Å². The summed E-state index contributed by atoms with van der Waals surface area (Å²) in [5.74, 6) is -0.0205. The number of aryl methyl sites for hydroxylation is 1. The first kappa shape index (κ1) is 21.9. The number of piperidine rings is 1. The van der Waals surface area contributed by atoms with Gasteiger partial charge < -0.3 is 10.2 Å². The van der Waals surface area contributed by atoms with Crippen molar-refractivity contribution in [1.82, 2.24) is 10.2 Å². The second-order valence-corrected chi connectivity index (χ2v) is 8.30. The summed E-state index contributed by atoms with van der Waals surface area (Å²) in [5, 5.41) is 3.31. The molecule has 1 fully saturated rings. The van der Waals surface area contributed by atoms with Gasteiger partial charge in [0, 0.05) is 10.5 Å². The number of hydrogen-bond acceptors (Lipinski definition) is 2. The van der Waals surface area contributed by atoms with Crippen molar-refractivity contribution >= 4 is 34.2 Å². The number of benzene rings is 2. The van der Waals surface area contributed by atoms with Crippen LogP contribution in [0, 0.1) is 6.92 Å². The summed E-state index contributed by atoms with van der Waals surface area (Å²) in [6, 6.07) is 16.9. The molecule has 0 aliphatic carbocycles. The Kier molecular flexibility index (Phi) is 8.33. The number of nitrogens with one attached hydrogen (secondary N) is 1. The average molecular weight is 452 g/mol. The SMILES string of the molecule is Cc1ccc(CC(C(=O)NC2CCN(C)CC2)c2ccc(Br)cc2)cc1.Cl. The molecule has 2 aromatic rings. The Morgan fingerprint density at radius 2 is 1.70 bits per heavy atom. The lowest BCUT2D eigenvalue weighted by Gasteiger charge is -2.30. The largest absolute Gasteiger partial charge is 0.353 e. The maximum Gasteiger partial charge on any atom is 0.228 e. The van der Waals surface area contributed by atoms with Crippen molar-refractivity contribution in [3.05, 3.63) is 69.7 Å². The van der Waals surface area contributed by atoms with Gasteiger partial charge in [-0.2, -0.15) is 0 Å². The van der Waals surface area contributed by atoms with Gasteiger partial charge in [0.1, 0.15) is 0 Å². The number of nitrogens with zero attached hydrogens (tertiary/aromatic N) is 1. The third kappa shape index (κ3) is 6.34. The number of carbonyl (C=O) groups excluding carboxylic acids is 1. The molecule has 3 nitrogen and oxygen atoms in total. The maximum atomic E-state index is 13.1. The van der Waals surface area contributed by atoms with Gasteiger partial charge in [0.2, 0.25) is 5.91 Å². The van der Waals surface area contributed by atoms with Gasteiger partial charge in [-0.25, -0.2) is 0 Å². The van der Waals surface area contributed by atoms with E-state index >= 15 is 0 Å². The van der Waals surface area contributed by atoms with Crippen LogP contribution in [0.4, 0.5) is 0 Å².